The number of hydrogen-bond donors (Lipinski definition) is 2. The quantitative estimate of drug-likeness (QED) is 0.331. The van der Waals surface area contributed by atoms with Crippen molar-refractivity contribution in [2.45, 2.75) is 25.6 Å². The molecule has 1 aliphatic heterocycles. The molecule has 5 heteroatoms. The number of halogens is 1. The summed E-state index contributed by atoms with van der Waals surface area (Å²) in [5, 5.41) is 13.7. The van der Waals surface area contributed by atoms with Gasteiger partial charge in [-0.3, -0.25) is 0 Å². The second-order valence-electron chi connectivity index (χ2n) is 4.83. The molecule has 0 saturated carbocycles. The lowest BCUT2D eigenvalue weighted by atomic mass is 9.61. The highest BCUT2D eigenvalue weighted by molar-refractivity contribution is 6.70. The fourth-order valence-corrected chi connectivity index (χ4v) is 2.46. The Labute approximate surface area is 100 Å². The molecular weight excluding hydrogens is 222 g/mol. The van der Waals surface area contributed by atoms with Gasteiger partial charge in [-0.05, 0) is 28.8 Å². The summed E-state index contributed by atoms with van der Waals surface area (Å²) in [6, 6.07) is 5.70. The van der Waals surface area contributed by atoms with Crippen LogP contribution < -0.4 is 11.3 Å². The van der Waals surface area contributed by atoms with Gasteiger partial charge in [-0.25, -0.2) is 0 Å². The number of rotatable bonds is 1. The van der Waals surface area contributed by atoms with Gasteiger partial charge in [0.05, 0.1) is 0 Å². The number of hydrazone groups is 1. The summed E-state index contributed by atoms with van der Waals surface area (Å²) >= 11 is 5.88. The van der Waals surface area contributed by atoms with Crippen molar-refractivity contribution < 1.29 is 5.02 Å². The van der Waals surface area contributed by atoms with Gasteiger partial charge in [0.1, 0.15) is 0 Å². The Hall–Kier alpha value is -0.995. The first-order valence-electron chi connectivity index (χ1n) is 5.22. The first-order chi connectivity index (χ1) is 7.45. The monoisotopic (exact) mass is 236 g/mol. The highest BCUT2D eigenvalue weighted by Gasteiger charge is 2.38. The van der Waals surface area contributed by atoms with Crippen LogP contribution in [-0.4, -0.2) is 17.1 Å². The molecule has 1 aromatic carbocycles. The molecule has 0 atom stereocenters. The molecule has 3 N–H and O–H groups in total. The third kappa shape index (κ3) is 1.72. The number of fused-ring (bicyclic) bond motifs is 1. The minimum absolute atomic E-state index is 0.0312. The van der Waals surface area contributed by atoms with Gasteiger partial charge in [-0.15, -0.1) is 0 Å². The maximum atomic E-state index is 9.92. The Morgan fingerprint density at radius 2 is 2.25 bits per heavy atom. The van der Waals surface area contributed by atoms with Crippen LogP contribution in [-0.2, 0) is 5.41 Å². The van der Waals surface area contributed by atoms with Gasteiger partial charge in [-0.1, -0.05) is 37.6 Å². The summed E-state index contributed by atoms with van der Waals surface area (Å²) in [5.41, 5.74) is 2.87. The Kier molecular flexibility index (Phi) is 2.72. The van der Waals surface area contributed by atoms with Gasteiger partial charge < -0.3 is 10.9 Å². The SMILES string of the molecule is CC1(C)CB(O)c2ccc(/C(Cl)=N/N)cc21. The minimum atomic E-state index is -0.382. The summed E-state index contributed by atoms with van der Waals surface area (Å²) in [6.07, 6.45) is 0.739. The molecule has 1 aliphatic rings. The Morgan fingerprint density at radius 1 is 1.56 bits per heavy atom. The molecular formula is C11H14BClN2O. The van der Waals surface area contributed by atoms with Crippen molar-refractivity contribution >= 4 is 29.2 Å². The molecule has 84 valence electrons. The zero-order chi connectivity index (χ0) is 11.9. The topological polar surface area (TPSA) is 58.6 Å². The summed E-state index contributed by atoms with van der Waals surface area (Å²) in [4.78, 5) is 0. The second-order valence-corrected chi connectivity index (χ2v) is 5.18. The van der Waals surface area contributed by atoms with Gasteiger partial charge in [0.15, 0.2) is 5.17 Å². The van der Waals surface area contributed by atoms with Crippen molar-refractivity contribution in [3.63, 3.8) is 0 Å². The van der Waals surface area contributed by atoms with E-state index in [2.05, 4.69) is 18.9 Å². The maximum absolute atomic E-state index is 9.92. The Balaban J connectivity index is 2.55. The van der Waals surface area contributed by atoms with E-state index >= 15 is 0 Å². The summed E-state index contributed by atoms with van der Waals surface area (Å²) < 4.78 is 0. The van der Waals surface area contributed by atoms with Crippen LogP contribution in [0.3, 0.4) is 0 Å². The second kappa shape index (κ2) is 3.79. The van der Waals surface area contributed by atoms with Crippen LogP contribution in [0.15, 0.2) is 23.3 Å². The molecule has 2 rings (SSSR count). The normalized spacial score (nSPS) is 18.8. The van der Waals surface area contributed by atoms with E-state index in [4.69, 9.17) is 17.4 Å². The molecule has 0 aromatic heterocycles. The Bertz CT molecular complexity index is 459. The van der Waals surface area contributed by atoms with Crippen molar-refractivity contribution in [3.8, 4) is 0 Å². The number of nitrogens with two attached hydrogens (primary N) is 1. The fourth-order valence-electron chi connectivity index (χ4n) is 2.34. The average Bonchev–Trinajstić information content (AvgIpc) is 2.48. The zero-order valence-electron chi connectivity index (χ0n) is 9.37. The predicted octanol–water partition coefficient (Wildman–Crippen LogP) is 1.03. The van der Waals surface area contributed by atoms with Crippen molar-refractivity contribution in [1.82, 2.24) is 0 Å². The van der Waals surface area contributed by atoms with Gasteiger partial charge in [0, 0.05) is 5.56 Å². The molecule has 0 spiro atoms. The largest absolute Gasteiger partial charge is 0.446 e. The third-order valence-electron chi connectivity index (χ3n) is 3.20. The average molecular weight is 237 g/mol. The third-order valence-corrected chi connectivity index (χ3v) is 3.51. The van der Waals surface area contributed by atoms with Crippen LogP contribution in [0.25, 0.3) is 0 Å². The summed E-state index contributed by atoms with van der Waals surface area (Å²) in [7, 11) is 0. The highest BCUT2D eigenvalue weighted by Crippen LogP contribution is 2.34. The Morgan fingerprint density at radius 3 is 2.88 bits per heavy atom. The van der Waals surface area contributed by atoms with Crippen molar-refractivity contribution in [1.29, 1.82) is 0 Å². The smallest absolute Gasteiger partial charge is 0.324 e. The van der Waals surface area contributed by atoms with E-state index in [0.717, 1.165) is 22.9 Å². The highest BCUT2D eigenvalue weighted by atomic mass is 35.5. The summed E-state index contributed by atoms with van der Waals surface area (Å²) in [6.45, 7) is 3.84. The predicted molar refractivity (Wildman–Crippen MR) is 68.5 cm³/mol. The lowest BCUT2D eigenvalue weighted by Gasteiger charge is -2.19. The molecule has 16 heavy (non-hydrogen) atoms. The van der Waals surface area contributed by atoms with E-state index in [9.17, 15) is 5.02 Å². The van der Waals surface area contributed by atoms with Crippen molar-refractivity contribution in [2.75, 3.05) is 0 Å². The number of hydrogen-bond acceptors (Lipinski definition) is 3. The molecule has 0 amide bonds. The van der Waals surface area contributed by atoms with Gasteiger partial charge in [-0.2, -0.15) is 5.10 Å². The molecule has 3 nitrogen and oxygen atoms in total. The molecule has 0 saturated heterocycles. The fraction of sp³-hybridized carbons (Fsp3) is 0.364. The van der Waals surface area contributed by atoms with Crippen molar-refractivity contribution in [2.24, 2.45) is 10.9 Å². The molecule has 1 aromatic rings. The van der Waals surface area contributed by atoms with E-state index in [0.29, 0.717) is 5.17 Å². The van der Waals surface area contributed by atoms with E-state index in [-0.39, 0.29) is 12.3 Å². The molecule has 0 radical (unpaired) electrons. The molecule has 0 unspecified atom stereocenters. The van der Waals surface area contributed by atoms with Gasteiger partial charge in [0.2, 0.25) is 0 Å². The maximum Gasteiger partial charge on any atom is 0.324 e. The first-order valence-corrected chi connectivity index (χ1v) is 5.60. The minimum Gasteiger partial charge on any atom is -0.446 e. The van der Waals surface area contributed by atoms with Crippen LogP contribution in [0, 0.1) is 0 Å². The number of nitrogens with zero attached hydrogens (tertiary/aromatic N) is 1. The van der Waals surface area contributed by atoms with E-state index < -0.39 is 0 Å². The van der Waals surface area contributed by atoms with Gasteiger partial charge >= 0.3 is 6.92 Å². The lowest BCUT2D eigenvalue weighted by Crippen LogP contribution is -2.25. The summed E-state index contributed by atoms with van der Waals surface area (Å²) in [5.74, 6) is 5.15. The zero-order valence-corrected chi connectivity index (χ0v) is 10.1. The van der Waals surface area contributed by atoms with E-state index in [1.54, 1.807) is 0 Å². The molecule has 0 fully saturated rings. The van der Waals surface area contributed by atoms with Crippen molar-refractivity contribution in [3.05, 3.63) is 29.3 Å². The first kappa shape index (κ1) is 11.5. The molecule has 0 bridgehead atoms. The van der Waals surface area contributed by atoms with E-state index in [1.807, 2.05) is 18.2 Å². The van der Waals surface area contributed by atoms with Crippen LogP contribution in [0.5, 0.6) is 0 Å². The van der Waals surface area contributed by atoms with Crippen LogP contribution in [0.2, 0.25) is 6.32 Å². The number of benzene rings is 1. The van der Waals surface area contributed by atoms with Gasteiger partial charge in [0.25, 0.3) is 0 Å². The van der Waals surface area contributed by atoms with Crippen LogP contribution in [0.4, 0.5) is 0 Å². The molecule has 0 aliphatic carbocycles. The molecule has 1 heterocycles. The standard InChI is InChI=1S/C11H14BClN2O/c1-11(2)6-12(16)9-4-3-7(5-8(9)11)10(13)15-14/h3-5,16H,6,14H2,1-2H3/b15-10-. The van der Waals surface area contributed by atoms with Crippen LogP contribution in [0.1, 0.15) is 25.0 Å². The van der Waals surface area contributed by atoms with E-state index in [1.165, 1.54) is 0 Å². The lowest BCUT2D eigenvalue weighted by molar-refractivity contribution is 0.542. The van der Waals surface area contributed by atoms with Crippen LogP contribution >= 0.6 is 11.6 Å².